The van der Waals surface area contributed by atoms with Crippen LogP contribution < -0.4 is 5.01 Å². The summed E-state index contributed by atoms with van der Waals surface area (Å²) in [6.07, 6.45) is 1.56. The van der Waals surface area contributed by atoms with Gasteiger partial charge < -0.3 is 0 Å². The first-order valence-electron chi connectivity index (χ1n) is 12.1. The molecule has 2 aromatic heterocycles. The van der Waals surface area contributed by atoms with Crippen molar-refractivity contribution in [3.63, 3.8) is 0 Å². The van der Waals surface area contributed by atoms with Gasteiger partial charge in [0.2, 0.25) is 15.2 Å². The number of amides is 1. The molecule has 0 atom stereocenters. The monoisotopic (exact) mass is 572 g/mol. The van der Waals surface area contributed by atoms with E-state index in [1.165, 1.54) is 52.0 Å². The molecule has 2 aromatic carbocycles. The fourth-order valence-electron chi connectivity index (χ4n) is 3.77. The van der Waals surface area contributed by atoms with Crippen molar-refractivity contribution in [2.45, 2.75) is 32.6 Å². The number of thiazole rings is 1. The second-order valence-electron chi connectivity index (χ2n) is 9.62. The number of rotatable bonds is 10. The van der Waals surface area contributed by atoms with E-state index in [1.54, 1.807) is 12.3 Å². The molecule has 4 aromatic rings. The van der Waals surface area contributed by atoms with Gasteiger partial charge in [0.05, 0.1) is 21.3 Å². The van der Waals surface area contributed by atoms with Crippen molar-refractivity contribution in [1.82, 2.24) is 9.29 Å². The molecule has 38 heavy (non-hydrogen) atoms. The summed E-state index contributed by atoms with van der Waals surface area (Å²) in [5, 5.41) is 7.73. The molecule has 0 aliphatic heterocycles. The second kappa shape index (κ2) is 11.8. The minimum absolute atomic E-state index is 0.124. The van der Waals surface area contributed by atoms with Crippen molar-refractivity contribution < 1.29 is 17.6 Å². The first-order chi connectivity index (χ1) is 18.0. The molecule has 200 valence electrons. The topological polar surface area (TPSA) is 82.9 Å². The Kier molecular flexibility index (Phi) is 8.71. The number of aromatic nitrogens is 1. The minimum atomic E-state index is -3.73. The second-order valence-corrected chi connectivity index (χ2v) is 13.5. The summed E-state index contributed by atoms with van der Waals surface area (Å²) in [6, 6.07) is 13.8. The Balaban J connectivity index is 1.67. The van der Waals surface area contributed by atoms with E-state index >= 15 is 0 Å². The highest BCUT2D eigenvalue weighted by Crippen LogP contribution is 2.31. The summed E-state index contributed by atoms with van der Waals surface area (Å²) in [6.45, 7) is 8.73. The van der Waals surface area contributed by atoms with Crippen molar-refractivity contribution >= 4 is 60.2 Å². The van der Waals surface area contributed by atoms with Crippen molar-refractivity contribution in [2.24, 2.45) is 16.9 Å². The SMILES string of the molecule is CC(C)CN(CC(C)C)S(=O)(=O)c1ccc(C(=O)N(/N=C/c2cccs2)c2nc3ccc(F)cc3s2)cc1. The molecular weight excluding hydrogens is 544 g/mol. The van der Waals surface area contributed by atoms with Gasteiger partial charge in [0.25, 0.3) is 5.91 Å². The van der Waals surface area contributed by atoms with Gasteiger partial charge >= 0.3 is 0 Å². The molecule has 0 radical (unpaired) electrons. The molecule has 0 saturated carbocycles. The van der Waals surface area contributed by atoms with E-state index in [9.17, 15) is 17.6 Å². The Morgan fingerprint density at radius 1 is 1.05 bits per heavy atom. The molecule has 11 heteroatoms. The van der Waals surface area contributed by atoms with Gasteiger partial charge in [-0.25, -0.2) is 17.8 Å². The molecule has 0 N–H and O–H groups in total. The number of benzene rings is 2. The van der Waals surface area contributed by atoms with E-state index in [4.69, 9.17) is 0 Å². The zero-order chi connectivity index (χ0) is 27.4. The third kappa shape index (κ3) is 6.52. The molecule has 7 nitrogen and oxygen atoms in total. The lowest BCUT2D eigenvalue weighted by Crippen LogP contribution is -2.37. The number of fused-ring (bicyclic) bond motifs is 1. The predicted octanol–water partition coefficient (Wildman–Crippen LogP) is 6.48. The summed E-state index contributed by atoms with van der Waals surface area (Å²) in [4.78, 5) is 19.0. The number of hydrogen-bond acceptors (Lipinski definition) is 7. The highest BCUT2D eigenvalue weighted by molar-refractivity contribution is 7.89. The third-order valence-corrected chi connectivity index (χ3v) is 9.08. The van der Waals surface area contributed by atoms with Crippen LogP contribution in [0, 0.1) is 17.7 Å². The number of halogens is 1. The van der Waals surface area contributed by atoms with Gasteiger partial charge in [0.1, 0.15) is 5.82 Å². The molecule has 1 amide bonds. The smallest absolute Gasteiger partial charge is 0.267 e. The van der Waals surface area contributed by atoms with Crippen LogP contribution in [0.2, 0.25) is 0 Å². The first-order valence-corrected chi connectivity index (χ1v) is 15.3. The van der Waals surface area contributed by atoms with Crippen molar-refractivity contribution in [3.05, 3.63) is 76.2 Å². The van der Waals surface area contributed by atoms with Crippen LogP contribution in [0.25, 0.3) is 10.2 Å². The normalized spacial score (nSPS) is 12.4. The molecule has 4 rings (SSSR count). The van der Waals surface area contributed by atoms with Crippen LogP contribution in [0.1, 0.15) is 42.9 Å². The number of carbonyl (C=O) groups is 1. The zero-order valence-electron chi connectivity index (χ0n) is 21.5. The predicted molar refractivity (Wildman–Crippen MR) is 153 cm³/mol. The molecule has 0 spiro atoms. The standard InChI is InChI=1S/C27H29FN4O3S3/c1-18(2)16-31(17-19(3)4)38(34,35)23-10-7-20(8-11-23)26(33)32(29-15-22-6-5-13-36-22)27-30-24-12-9-21(28)14-25(24)37-27/h5-15,18-19H,16-17H2,1-4H3/b29-15+. The minimum Gasteiger partial charge on any atom is -0.267 e. The van der Waals surface area contributed by atoms with Gasteiger partial charge in [0, 0.05) is 23.5 Å². The van der Waals surface area contributed by atoms with Gasteiger partial charge in [-0.05, 0) is 65.7 Å². The first kappa shape index (κ1) is 28.0. The van der Waals surface area contributed by atoms with Crippen LogP contribution in [-0.4, -0.2) is 42.9 Å². The van der Waals surface area contributed by atoms with Crippen molar-refractivity contribution in [1.29, 1.82) is 0 Å². The summed E-state index contributed by atoms with van der Waals surface area (Å²) in [5.74, 6) is -0.543. The quantitative estimate of drug-likeness (QED) is 0.161. The van der Waals surface area contributed by atoms with E-state index in [2.05, 4.69) is 10.1 Å². The summed E-state index contributed by atoms with van der Waals surface area (Å²) >= 11 is 2.61. The third-order valence-electron chi connectivity index (χ3n) is 5.43. The highest BCUT2D eigenvalue weighted by atomic mass is 32.2. The molecule has 0 bridgehead atoms. The maximum absolute atomic E-state index is 13.8. The Morgan fingerprint density at radius 2 is 1.74 bits per heavy atom. The lowest BCUT2D eigenvalue weighted by molar-refractivity contribution is 0.0987. The average molecular weight is 573 g/mol. The van der Waals surface area contributed by atoms with Gasteiger partial charge in [-0.15, -0.1) is 11.3 Å². The lowest BCUT2D eigenvalue weighted by Gasteiger charge is -2.25. The fraction of sp³-hybridized carbons (Fsp3) is 0.296. The summed E-state index contributed by atoms with van der Waals surface area (Å²) in [5.41, 5.74) is 0.796. The Labute approximate surface area is 230 Å². The van der Waals surface area contributed by atoms with Crippen LogP contribution in [0.5, 0.6) is 0 Å². The number of nitrogens with zero attached hydrogens (tertiary/aromatic N) is 4. The highest BCUT2D eigenvalue weighted by Gasteiger charge is 2.27. The number of hydrazone groups is 1. The van der Waals surface area contributed by atoms with Gasteiger partial charge in [-0.2, -0.15) is 14.4 Å². The van der Waals surface area contributed by atoms with Gasteiger partial charge in [-0.1, -0.05) is 45.1 Å². The molecular formula is C27H29FN4O3S3. The van der Waals surface area contributed by atoms with E-state index in [0.29, 0.717) is 23.3 Å². The number of thiophene rings is 1. The zero-order valence-corrected chi connectivity index (χ0v) is 24.0. The number of carbonyl (C=O) groups excluding carboxylic acids is 1. The summed E-state index contributed by atoms with van der Waals surface area (Å²) in [7, 11) is -3.73. The lowest BCUT2D eigenvalue weighted by atomic mass is 10.2. The van der Waals surface area contributed by atoms with Crippen molar-refractivity contribution in [2.75, 3.05) is 18.1 Å². The van der Waals surface area contributed by atoms with E-state index in [-0.39, 0.29) is 27.4 Å². The molecule has 0 unspecified atom stereocenters. The van der Waals surface area contributed by atoms with Crippen LogP contribution in [0.3, 0.4) is 0 Å². The fourth-order valence-corrected chi connectivity index (χ4v) is 7.06. The molecule has 2 heterocycles. The average Bonchev–Trinajstić information content (AvgIpc) is 3.53. The number of anilines is 1. The molecule has 0 fully saturated rings. The van der Waals surface area contributed by atoms with Crippen LogP contribution in [0.4, 0.5) is 9.52 Å². The van der Waals surface area contributed by atoms with Crippen LogP contribution in [-0.2, 0) is 10.0 Å². The van der Waals surface area contributed by atoms with Crippen LogP contribution >= 0.6 is 22.7 Å². The van der Waals surface area contributed by atoms with E-state index in [0.717, 1.165) is 21.2 Å². The van der Waals surface area contributed by atoms with E-state index < -0.39 is 21.7 Å². The number of sulfonamides is 1. The maximum atomic E-state index is 13.8. The Bertz CT molecular complexity index is 1520. The maximum Gasteiger partial charge on any atom is 0.280 e. The Morgan fingerprint density at radius 3 is 2.34 bits per heavy atom. The molecule has 0 aliphatic carbocycles. The summed E-state index contributed by atoms with van der Waals surface area (Å²) < 4.78 is 42.6. The van der Waals surface area contributed by atoms with Crippen LogP contribution in [0.15, 0.2) is 70.0 Å². The van der Waals surface area contributed by atoms with Gasteiger partial charge in [0.15, 0.2) is 0 Å². The molecule has 0 saturated heterocycles. The van der Waals surface area contributed by atoms with E-state index in [1.807, 2.05) is 45.2 Å². The van der Waals surface area contributed by atoms with Crippen molar-refractivity contribution in [3.8, 4) is 0 Å². The Hall–Kier alpha value is -2.99. The largest absolute Gasteiger partial charge is 0.280 e. The molecule has 0 aliphatic rings. The number of hydrogen-bond donors (Lipinski definition) is 0. The van der Waals surface area contributed by atoms with Gasteiger partial charge in [-0.3, -0.25) is 4.79 Å².